The van der Waals surface area contributed by atoms with Crippen LogP contribution in [0.5, 0.6) is 5.75 Å². The topological polar surface area (TPSA) is 84.0 Å². The SMILES string of the molecule is CC(C)Oc1ccccc1NC(=O)NCc1n[nH]c(=S)n1C1CC1. The molecule has 2 aromatic rings. The standard InChI is InChI=1S/C16H21N5O2S/c1-10(2)23-13-6-4-3-5-12(13)18-15(22)17-9-14-19-20-16(24)21(14)11-7-8-11/h3-6,10-11H,7-9H2,1-2H3,(H,20,24)(H2,17,18,22). The normalized spacial score (nSPS) is 13.8. The molecule has 0 aliphatic heterocycles. The number of carbonyl (C=O) groups excluding carboxylic acids is 1. The Morgan fingerprint density at radius 3 is 2.92 bits per heavy atom. The Bertz CT molecular complexity index is 779. The fourth-order valence-corrected chi connectivity index (χ4v) is 2.72. The Morgan fingerprint density at radius 1 is 1.46 bits per heavy atom. The monoisotopic (exact) mass is 347 g/mol. The largest absolute Gasteiger partial charge is 0.489 e. The molecule has 128 valence electrons. The molecule has 1 aliphatic rings. The van der Waals surface area contributed by atoms with E-state index in [-0.39, 0.29) is 12.1 Å². The van der Waals surface area contributed by atoms with Gasteiger partial charge in [-0.1, -0.05) is 12.1 Å². The third kappa shape index (κ3) is 3.94. The number of ether oxygens (including phenoxy) is 1. The number of nitrogens with zero attached hydrogens (tertiary/aromatic N) is 2. The van der Waals surface area contributed by atoms with Gasteiger partial charge < -0.3 is 15.4 Å². The summed E-state index contributed by atoms with van der Waals surface area (Å²) in [6.07, 6.45) is 2.24. The van der Waals surface area contributed by atoms with Crippen molar-refractivity contribution >= 4 is 23.9 Å². The maximum absolute atomic E-state index is 12.2. The van der Waals surface area contributed by atoms with E-state index in [0.29, 0.717) is 28.8 Å². The van der Waals surface area contributed by atoms with E-state index >= 15 is 0 Å². The van der Waals surface area contributed by atoms with Gasteiger partial charge in [0.15, 0.2) is 10.6 Å². The van der Waals surface area contributed by atoms with Crippen molar-refractivity contribution in [3.63, 3.8) is 0 Å². The average Bonchev–Trinajstić information content (AvgIpc) is 3.30. The summed E-state index contributed by atoms with van der Waals surface area (Å²) in [7, 11) is 0. The summed E-state index contributed by atoms with van der Waals surface area (Å²) in [4.78, 5) is 12.2. The first-order chi connectivity index (χ1) is 11.5. The van der Waals surface area contributed by atoms with Crippen molar-refractivity contribution in [1.82, 2.24) is 20.1 Å². The van der Waals surface area contributed by atoms with Crippen LogP contribution >= 0.6 is 12.2 Å². The Hall–Kier alpha value is -2.35. The van der Waals surface area contributed by atoms with Crippen LogP contribution in [-0.4, -0.2) is 26.9 Å². The average molecular weight is 347 g/mol. The molecule has 3 rings (SSSR count). The molecule has 7 nitrogen and oxygen atoms in total. The van der Waals surface area contributed by atoms with Crippen LogP contribution in [0.15, 0.2) is 24.3 Å². The number of anilines is 1. The smallest absolute Gasteiger partial charge is 0.319 e. The molecule has 0 unspecified atom stereocenters. The number of aromatic nitrogens is 3. The van der Waals surface area contributed by atoms with Crippen molar-refractivity contribution < 1.29 is 9.53 Å². The van der Waals surface area contributed by atoms with Gasteiger partial charge in [-0.3, -0.25) is 9.67 Å². The molecular formula is C16H21N5O2S. The summed E-state index contributed by atoms with van der Waals surface area (Å²) in [6.45, 7) is 4.19. The molecule has 0 atom stereocenters. The third-order valence-corrected chi connectivity index (χ3v) is 3.88. The maximum Gasteiger partial charge on any atom is 0.319 e. The zero-order valence-electron chi connectivity index (χ0n) is 13.7. The minimum Gasteiger partial charge on any atom is -0.489 e. The van der Waals surface area contributed by atoms with Crippen molar-refractivity contribution in [2.45, 2.75) is 45.4 Å². The van der Waals surface area contributed by atoms with E-state index in [1.807, 2.05) is 36.6 Å². The number of amides is 2. The number of hydrogen-bond donors (Lipinski definition) is 3. The fraction of sp³-hybridized carbons (Fsp3) is 0.438. The van der Waals surface area contributed by atoms with Crippen molar-refractivity contribution in [1.29, 1.82) is 0 Å². The number of rotatable bonds is 6. The van der Waals surface area contributed by atoms with Gasteiger partial charge >= 0.3 is 6.03 Å². The van der Waals surface area contributed by atoms with Crippen molar-refractivity contribution in [3.8, 4) is 5.75 Å². The molecular weight excluding hydrogens is 326 g/mol. The fourth-order valence-electron chi connectivity index (χ4n) is 2.42. The molecule has 2 amide bonds. The molecule has 0 saturated heterocycles. The number of carbonyl (C=O) groups is 1. The van der Waals surface area contributed by atoms with Crippen LogP contribution in [0.1, 0.15) is 38.6 Å². The molecule has 0 spiro atoms. The summed E-state index contributed by atoms with van der Waals surface area (Å²) in [5.74, 6) is 1.38. The second-order valence-electron chi connectivity index (χ2n) is 6.02. The highest BCUT2D eigenvalue weighted by molar-refractivity contribution is 7.71. The summed E-state index contributed by atoms with van der Waals surface area (Å²) in [6, 6.07) is 7.45. The number of aromatic amines is 1. The quantitative estimate of drug-likeness (QED) is 0.700. The zero-order chi connectivity index (χ0) is 17.1. The lowest BCUT2D eigenvalue weighted by Crippen LogP contribution is -2.29. The first-order valence-corrected chi connectivity index (χ1v) is 8.41. The first-order valence-electron chi connectivity index (χ1n) is 8.01. The number of benzene rings is 1. The van der Waals surface area contributed by atoms with Gasteiger partial charge in [-0.25, -0.2) is 4.79 Å². The van der Waals surface area contributed by atoms with E-state index in [9.17, 15) is 4.79 Å². The molecule has 0 bridgehead atoms. The molecule has 1 aliphatic carbocycles. The van der Waals surface area contributed by atoms with E-state index in [4.69, 9.17) is 17.0 Å². The van der Waals surface area contributed by atoms with Crippen LogP contribution in [-0.2, 0) is 6.54 Å². The van der Waals surface area contributed by atoms with Crippen LogP contribution < -0.4 is 15.4 Å². The second-order valence-corrected chi connectivity index (χ2v) is 6.40. The van der Waals surface area contributed by atoms with Gasteiger partial charge in [0.2, 0.25) is 0 Å². The number of H-pyrrole nitrogens is 1. The Morgan fingerprint density at radius 2 is 2.21 bits per heavy atom. The van der Waals surface area contributed by atoms with Gasteiger partial charge in [-0.15, -0.1) is 0 Å². The number of nitrogens with one attached hydrogen (secondary N) is 3. The molecule has 1 saturated carbocycles. The van der Waals surface area contributed by atoms with Crippen LogP contribution in [0, 0.1) is 4.77 Å². The van der Waals surface area contributed by atoms with E-state index in [2.05, 4.69) is 20.8 Å². The summed E-state index contributed by atoms with van der Waals surface area (Å²) < 4.78 is 8.27. The minimum atomic E-state index is -0.314. The zero-order valence-corrected chi connectivity index (χ0v) is 14.5. The predicted molar refractivity (Wildman–Crippen MR) is 93.7 cm³/mol. The van der Waals surface area contributed by atoms with Gasteiger partial charge in [0.1, 0.15) is 5.75 Å². The highest BCUT2D eigenvalue weighted by atomic mass is 32.1. The van der Waals surface area contributed by atoms with Crippen molar-refractivity contribution in [3.05, 3.63) is 34.9 Å². The number of para-hydroxylation sites is 2. The second kappa shape index (κ2) is 7.04. The Kier molecular flexibility index (Phi) is 4.84. The molecule has 1 heterocycles. The van der Waals surface area contributed by atoms with E-state index in [1.54, 1.807) is 6.07 Å². The molecule has 1 aromatic heterocycles. The van der Waals surface area contributed by atoms with Gasteiger partial charge in [-0.2, -0.15) is 5.10 Å². The predicted octanol–water partition coefficient (Wildman–Crippen LogP) is 3.38. The minimum absolute atomic E-state index is 0.0306. The lowest BCUT2D eigenvalue weighted by Gasteiger charge is -2.15. The van der Waals surface area contributed by atoms with Crippen LogP contribution in [0.2, 0.25) is 0 Å². The summed E-state index contributed by atoms with van der Waals surface area (Å²) >= 11 is 5.23. The molecule has 24 heavy (non-hydrogen) atoms. The van der Waals surface area contributed by atoms with E-state index < -0.39 is 0 Å². The highest BCUT2D eigenvalue weighted by Crippen LogP contribution is 2.35. The number of hydrogen-bond acceptors (Lipinski definition) is 4. The highest BCUT2D eigenvalue weighted by Gasteiger charge is 2.27. The van der Waals surface area contributed by atoms with Crippen molar-refractivity contribution in [2.24, 2.45) is 0 Å². The summed E-state index contributed by atoms with van der Waals surface area (Å²) in [5.41, 5.74) is 0.629. The molecule has 0 radical (unpaired) electrons. The van der Waals surface area contributed by atoms with Crippen molar-refractivity contribution in [2.75, 3.05) is 5.32 Å². The Balaban J connectivity index is 1.62. The Labute approximate surface area is 145 Å². The third-order valence-electron chi connectivity index (χ3n) is 3.59. The first kappa shape index (κ1) is 16.5. The van der Waals surface area contributed by atoms with Crippen LogP contribution in [0.25, 0.3) is 0 Å². The summed E-state index contributed by atoms with van der Waals surface area (Å²) in [5, 5.41) is 12.6. The van der Waals surface area contributed by atoms with Crippen LogP contribution in [0.4, 0.5) is 10.5 Å². The van der Waals surface area contributed by atoms with Gasteiger partial charge in [0.25, 0.3) is 0 Å². The van der Waals surface area contributed by atoms with Gasteiger partial charge in [0.05, 0.1) is 18.3 Å². The van der Waals surface area contributed by atoms with E-state index in [0.717, 1.165) is 18.7 Å². The molecule has 1 aromatic carbocycles. The molecule has 8 heteroatoms. The van der Waals surface area contributed by atoms with Crippen LogP contribution in [0.3, 0.4) is 0 Å². The van der Waals surface area contributed by atoms with E-state index in [1.165, 1.54) is 0 Å². The van der Waals surface area contributed by atoms with Gasteiger partial charge in [0, 0.05) is 6.04 Å². The van der Waals surface area contributed by atoms with Gasteiger partial charge in [-0.05, 0) is 51.0 Å². The molecule has 1 fully saturated rings. The maximum atomic E-state index is 12.2. The lowest BCUT2D eigenvalue weighted by atomic mass is 10.3. The number of urea groups is 1. The molecule has 3 N–H and O–H groups in total. The lowest BCUT2D eigenvalue weighted by molar-refractivity contribution is 0.241.